The molecule has 3 aromatic heterocycles. The second kappa shape index (κ2) is 6.61. The highest BCUT2D eigenvalue weighted by atomic mass is 19.4. The number of carbonyl (C=O) groups excluding carboxylic acids is 1. The molecule has 1 saturated heterocycles. The van der Waals surface area contributed by atoms with Crippen LogP contribution in [-0.2, 0) is 13.2 Å². The lowest BCUT2D eigenvalue weighted by atomic mass is 9.92. The molecule has 4 rings (SSSR count). The van der Waals surface area contributed by atoms with Gasteiger partial charge in [0.25, 0.3) is 5.91 Å². The van der Waals surface area contributed by atoms with Crippen LogP contribution in [-0.4, -0.2) is 48.3 Å². The summed E-state index contributed by atoms with van der Waals surface area (Å²) in [4.78, 5) is 18.6. The van der Waals surface area contributed by atoms with Crippen LogP contribution >= 0.6 is 0 Å². The first-order chi connectivity index (χ1) is 13.2. The van der Waals surface area contributed by atoms with Crippen LogP contribution in [0.4, 0.5) is 13.2 Å². The number of carbonyl (C=O) groups is 1. The van der Waals surface area contributed by atoms with Crippen LogP contribution < -0.4 is 0 Å². The number of aromatic nitrogens is 5. The van der Waals surface area contributed by atoms with Gasteiger partial charge in [-0.1, -0.05) is 0 Å². The topological polar surface area (TPSA) is 68.3 Å². The van der Waals surface area contributed by atoms with Gasteiger partial charge < -0.3 is 4.90 Å². The van der Waals surface area contributed by atoms with E-state index in [1.54, 1.807) is 41.9 Å². The lowest BCUT2D eigenvalue weighted by molar-refractivity contribution is -0.142. The van der Waals surface area contributed by atoms with Crippen molar-refractivity contribution in [3.05, 3.63) is 47.2 Å². The molecule has 3 aromatic rings. The molecule has 0 aliphatic carbocycles. The van der Waals surface area contributed by atoms with Gasteiger partial charge in [0.2, 0.25) is 0 Å². The lowest BCUT2D eigenvalue weighted by Gasteiger charge is -2.31. The van der Waals surface area contributed by atoms with Crippen LogP contribution in [0.15, 0.2) is 24.4 Å². The number of aryl methyl sites for hydroxylation is 2. The number of fused-ring (bicyclic) bond motifs is 1. The Balaban J connectivity index is 1.56. The van der Waals surface area contributed by atoms with Gasteiger partial charge in [-0.2, -0.15) is 23.4 Å². The van der Waals surface area contributed by atoms with Crippen molar-refractivity contribution in [2.45, 2.75) is 31.9 Å². The second-order valence-electron chi connectivity index (χ2n) is 7.06. The Hall–Kier alpha value is -2.91. The molecule has 0 aromatic carbocycles. The zero-order valence-corrected chi connectivity index (χ0v) is 15.4. The second-order valence-corrected chi connectivity index (χ2v) is 7.06. The zero-order chi connectivity index (χ0) is 20.1. The summed E-state index contributed by atoms with van der Waals surface area (Å²) in [5, 5.41) is 8.03. The Morgan fingerprint density at radius 1 is 1.18 bits per heavy atom. The van der Waals surface area contributed by atoms with Crippen LogP contribution in [0.3, 0.4) is 0 Å². The molecular formula is C18H19F3N6O. The number of alkyl halides is 3. The molecule has 0 N–H and O–H groups in total. The summed E-state index contributed by atoms with van der Waals surface area (Å²) in [6.45, 7) is 2.54. The standard InChI is InChI=1S/C18H19F3N6O/c1-11-9-16-22-14(10-15(18(19,20)21)27(16)23-11)12-3-7-26(8-4-12)17(28)13-5-6-25(2)24-13/h5-6,9-10,12H,3-4,7-8H2,1-2H3. The third-order valence-corrected chi connectivity index (χ3v) is 4.99. The molecule has 0 saturated carbocycles. The van der Waals surface area contributed by atoms with E-state index in [-0.39, 0.29) is 17.5 Å². The van der Waals surface area contributed by atoms with E-state index >= 15 is 0 Å². The van der Waals surface area contributed by atoms with Gasteiger partial charge in [0.1, 0.15) is 11.4 Å². The maximum atomic E-state index is 13.5. The third-order valence-electron chi connectivity index (χ3n) is 4.99. The molecule has 148 valence electrons. The number of hydrogen-bond acceptors (Lipinski definition) is 4. The largest absolute Gasteiger partial charge is 0.433 e. The molecule has 7 nitrogen and oxygen atoms in total. The van der Waals surface area contributed by atoms with E-state index in [4.69, 9.17) is 0 Å². The Kier molecular flexibility index (Phi) is 4.35. The minimum atomic E-state index is -4.52. The first-order valence-corrected chi connectivity index (χ1v) is 8.96. The Bertz CT molecular complexity index is 1030. The monoisotopic (exact) mass is 392 g/mol. The molecule has 0 spiro atoms. The van der Waals surface area contributed by atoms with E-state index in [0.717, 1.165) is 10.6 Å². The number of rotatable bonds is 2. The van der Waals surface area contributed by atoms with Gasteiger partial charge in [0.05, 0.1) is 5.69 Å². The smallest absolute Gasteiger partial charge is 0.337 e. The number of halogens is 3. The van der Waals surface area contributed by atoms with Crippen molar-refractivity contribution in [2.24, 2.45) is 7.05 Å². The van der Waals surface area contributed by atoms with E-state index in [1.165, 1.54) is 0 Å². The van der Waals surface area contributed by atoms with Crippen molar-refractivity contribution < 1.29 is 18.0 Å². The fourth-order valence-electron chi connectivity index (χ4n) is 3.59. The normalized spacial score (nSPS) is 16.1. The molecule has 1 aliphatic heterocycles. The van der Waals surface area contributed by atoms with E-state index in [9.17, 15) is 18.0 Å². The van der Waals surface area contributed by atoms with Gasteiger partial charge in [0.15, 0.2) is 5.65 Å². The van der Waals surface area contributed by atoms with Gasteiger partial charge in [-0.05, 0) is 31.9 Å². The SMILES string of the molecule is Cc1cc2nc(C3CCN(C(=O)c4ccn(C)n4)CC3)cc(C(F)(F)F)n2n1. The number of hydrogen-bond donors (Lipinski definition) is 0. The van der Waals surface area contributed by atoms with Crippen LogP contribution in [0.5, 0.6) is 0 Å². The van der Waals surface area contributed by atoms with E-state index < -0.39 is 11.9 Å². The van der Waals surface area contributed by atoms with Gasteiger partial charge in [-0.3, -0.25) is 9.48 Å². The van der Waals surface area contributed by atoms with Gasteiger partial charge >= 0.3 is 6.18 Å². The van der Waals surface area contributed by atoms with Crippen molar-refractivity contribution >= 4 is 11.6 Å². The van der Waals surface area contributed by atoms with Gasteiger partial charge in [0, 0.05) is 44.0 Å². The molecule has 0 radical (unpaired) electrons. The average Bonchev–Trinajstić information content (AvgIpc) is 3.24. The lowest BCUT2D eigenvalue weighted by Crippen LogP contribution is -2.38. The fourth-order valence-corrected chi connectivity index (χ4v) is 3.59. The summed E-state index contributed by atoms with van der Waals surface area (Å²) >= 11 is 0. The highest BCUT2D eigenvalue weighted by molar-refractivity contribution is 5.92. The molecule has 1 amide bonds. The third kappa shape index (κ3) is 3.34. The van der Waals surface area contributed by atoms with Crippen LogP contribution in [0.2, 0.25) is 0 Å². The minimum Gasteiger partial charge on any atom is -0.337 e. The molecule has 0 bridgehead atoms. The first-order valence-electron chi connectivity index (χ1n) is 8.96. The van der Waals surface area contributed by atoms with Crippen molar-refractivity contribution in [3.8, 4) is 0 Å². The summed E-state index contributed by atoms with van der Waals surface area (Å²) < 4.78 is 42.9. The molecule has 28 heavy (non-hydrogen) atoms. The number of nitrogens with zero attached hydrogens (tertiary/aromatic N) is 6. The predicted octanol–water partition coefficient (Wildman–Crippen LogP) is 2.81. The number of likely N-dealkylation sites (tertiary alicyclic amines) is 1. The van der Waals surface area contributed by atoms with E-state index in [2.05, 4.69) is 15.2 Å². The van der Waals surface area contributed by atoms with Crippen LogP contribution in [0.25, 0.3) is 5.65 Å². The first kappa shape index (κ1) is 18.5. The van der Waals surface area contributed by atoms with Crippen LogP contribution in [0.1, 0.15) is 46.3 Å². The van der Waals surface area contributed by atoms with Crippen molar-refractivity contribution in [2.75, 3.05) is 13.1 Å². The molecular weight excluding hydrogens is 373 g/mol. The van der Waals surface area contributed by atoms with E-state index in [1.807, 2.05) is 0 Å². The van der Waals surface area contributed by atoms with Crippen molar-refractivity contribution in [1.82, 2.24) is 29.3 Å². The minimum absolute atomic E-state index is 0.144. The Morgan fingerprint density at radius 3 is 2.50 bits per heavy atom. The average molecular weight is 392 g/mol. The quantitative estimate of drug-likeness (QED) is 0.673. The highest BCUT2D eigenvalue weighted by Crippen LogP contribution is 2.34. The predicted molar refractivity (Wildman–Crippen MR) is 93.8 cm³/mol. The number of piperidine rings is 1. The highest BCUT2D eigenvalue weighted by Gasteiger charge is 2.36. The molecule has 1 fully saturated rings. The molecule has 0 atom stereocenters. The summed E-state index contributed by atoms with van der Waals surface area (Å²) in [6, 6.07) is 4.28. The van der Waals surface area contributed by atoms with E-state index in [0.29, 0.717) is 43.0 Å². The summed E-state index contributed by atoms with van der Waals surface area (Å²) in [5.41, 5.74) is 0.604. The molecule has 4 heterocycles. The Labute approximate surface area is 158 Å². The summed E-state index contributed by atoms with van der Waals surface area (Å²) in [5.74, 6) is -0.307. The summed E-state index contributed by atoms with van der Waals surface area (Å²) in [6.07, 6.45) is -1.73. The molecule has 1 aliphatic rings. The number of amides is 1. The van der Waals surface area contributed by atoms with Crippen molar-refractivity contribution in [1.29, 1.82) is 0 Å². The molecule has 0 unspecified atom stereocenters. The van der Waals surface area contributed by atoms with Crippen molar-refractivity contribution in [3.63, 3.8) is 0 Å². The maximum absolute atomic E-state index is 13.5. The Morgan fingerprint density at radius 2 is 1.89 bits per heavy atom. The summed E-state index contributed by atoms with van der Waals surface area (Å²) in [7, 11) is 1.74. The maximum Gasteiger partial charge on any atom is 0.433 e. The fraction of sp³-hybridized carbons (Fsp3) is 0.444. The van der Waals surface area contributed by atoms with Crippen LogP contribution in [0, 0.1) is 6.92 Å². The zero-order valence-electron chi connectivity index (χ0n) is 15.4. The van der Waals surface area contributed by atoms with Gasteiger partial charge in [-0.25, -0.2) is 9.50 Å². The van der Waals surface area contributed by atoms with Gasteiger partial charge in [-0.15, -0.1) is 0 Å². The molecule has 10 heteroatoms.